The maximum atomic E-state index is 11.1. The molecule has 0 atom stereocenters. The fourth-order valence-electron chi connectivity index (χ4n) is 1.99. The van der Waals surface area contributed by atoms with Crippen LogP contribution in [0.5, 0.6) is 0 Å². The molecule has 1 fully saturated rings. The van der Waals surface area contributed by atoms with Crippen molar-refractivity contribution < 1.29 is 4.79 Å². The van der Waals surface area contributed by atoms with Gasteiger partial charge in [-0.2, -0.15) is 0 Å². The van der Waals surface area contributed by atoms with E-state index >= 15 is 0 Å². The molecule has 0 bridgehead atoms. The summed E-state index contributed by atoms with van der Waals surface area (Å²) in [5.74, 6) is 0.570. The highest BCUT2D eigenvalue weighted by Crippen LogP contribution is 2.24. The molecule has 1 rings (SSSR count). The van der Waals surface area contributed by atoms with Crippen LogP contribution >= 0.6 is 0 Å². The van der Waals surface area contributed by atoms with E-state index in [2.05, 4.69) is 12.2 Å². The van der Waals surface area contributed by atoms with Gasteiger partial charge in [-0.3, -0.25) is 4.79 Å². The van der Waals surface area contributed by atoms with Crippen LogP contribution in [-0.4, -0.2) is 17.5 Å². The number of carbonyl (C=O) groups is 1. The summed E-state index contributed by atoms with van der Waals surface area (Å²) in [5.41, 5.74) is 4.75. The van der Waals surface area contributed by atoms with Crippen molar-refractivity contribution >= 4 is 5.91 Å². The molecule has 0 aliphatic heterocycles. The summed E-state index contributed by atoms with van der Waals surface area (Å²) in [5, 5.41) is 3.34. The zero-order valence-electron chi connectivity index (χ0n) is 9.47. The van der Waals surface area contributed by atoms with Crippen LogP contribution in [0.1, 0.15) is 46.5 Å². The molecule has 1 saturated carbocycles. The van der Waals surface area contributed by atoms with E-state index in [4.69, 9.17) is 5.73 Å². The molecule has 0 heterocycles. The fourth-order valence-corrected chi connectivity index (χ4v) is 1.99. The van der Waals surface area contributed by atoms with Crippen LogP contribution in [0.2, 0.25) is 0 Å². The van der Waals surface area contributed by atoms with Gasteiger partial charge < -0.3 is 11.1 Å². The first kappa shape index (κ1) is 11.5. The van der Waals surface area contributed by atoms with Gasteiger partial charge in [0.15, 0.2) is 0 Å². The Bertz CT molecular complexity index is 205. The Labute approximate surface area is 86.4 Å². The number of primary amides is 1. The van der Waals surface area contributed by atoms with E-state index in [1.807, 2.05) is 13.8 Å². The van der Waals surface area contributed by atoms with E-state index in [0.29, 0.717) is 6.04 Å². The second kappa shape index (κ2) is 4.30. The number of rotatable bonds is 3. The minimum atomic E-state index is -0.564. The van der Waals surface area contributed by atoms with Crippen LogP contribution in [0.3, 0.4) is 0 Å². The SMILES string of the molecule is CC1CCC(NC(C)(C)C(N)=O)CC1. The average Bonchev–Trinajstić information content (AvgIpc) is 2.08. The lowest BCUT2D eigenvalue weighted by Gasteiger charge is -2.33. The summed E-state index contributed by atoms with van der Waals surface area (Å²) in [4.78, 5) is 11.1. The molecule has 14 heavy (non-hydrogen) atoms. The van der Waals surface area contributed by atoms with Crippen LogP contribution in [-0.2, 0) is 4.79 Å². The quantitative estimate of drug-likeness (QED) is 0.720. The minimum Gasteiger partial charge on any atom is -0.368 e. The van der Waals surface area contributed by atoms with E-state index in [1.54, 1.807) is 0 Å². The van der Waals surface area contributed by atoms with Crippen LogP contribution in [0.25, 0.3) is 0 Å². The van der Waals surface area contributed by atoms with Crippen molar-refractivity contribution in [1.29, 1.82) is 0 Å². The highest BCUT2D eigenvalue weighted by Gasteiger charge is 2.29. The molecule has 3 N–H and O–H groups in total. The zero-order valence-corrected chi connectivity index (χ0v) is 9.47. The Hall–Kier alpha value is -0.570. The molecule has 0 aromatic carbocycles. The predicted octanol–water partition coefficient (Wildman–Crippen LogP) is 1.42. The molecule has 0 unspecified atom stereocenters. The molecule has 1 aliphatic carbocycles. The maximum absolute atomic E-state index is 11.1. The summed E-state index contributed by atoms with van der Waals surface area (Å²) in [7, 11) is 0. The Morgan fingerprint density at radius 3 is 2.21 bits per heavy atom. The first-order chi connectivity index (χ1) is 6.42. The Morgan fingerprint density at radius 1 is 1.29 bits per heavy atom. The van der Waals surface area contributed by atoms with Crippen molar-refractivity contribution in [3.05, 3.63) is 0 Å². The molecule has 1 amide bonds. The highest BCUT2D eigenvalue weighted by atomic mass is 16.1. The van der Waals surface area contributed by atoms with Crippen LogP contribution < -0.4 is 11.1 Å². The average molecular weight is 198 g/mol. The molecule has 0 saturated heterocycles. The second-order valence-electron chi connectivity index (χ2n) is 5.09. The first-order valence-electron chi connectivity index (χ1n) is 5.49. The van der Waals surface area contributed by atoms with Gasteiger partial charge in [0.25, 0.3) is 0 Å². The lowest BCUT2D eigenvalue weighted by atomic mass is 9.86. The third-order valence-corrected chi connectivity index (χ3v) is 3.20. The summed E-state index contributed by atoms with van der Waals surface area (Å²) < 4.78 is 0. The minimum absolute atomic E-state index is 0.267. The summed E-state index contributed by atoms with van der Waals surface area (Å²) in [6.45, 7) is 6.00. The molecule has 0 spiro atoms. The molecule has 3 heteroatoms. The van der Waals surface area contributed by atoms with E-state index < -0.39 is 5.54 Å². The van der Waals surface area contributed by atoms with Gasteiger partial charge in [-0.05, 0) is 45.4 Å². The molecular formula is C11H22N2O. The number of nitrogens with two attached hydrogens (primary N) is 1. The molecule has 0 aromatic heterocycles. The number of carbonyl (C=O) groups excluding carboxylic acids is 1. The lowest BCUT2D eigenvalue weighted by Crippen LogP contribution is -2.55. The Morgan fingerprint density at radius 2 is 1.79 bits per heavy atom. The standard InChI is InChI=1S/C11H22N2O/c1-8-4-6-9(7-5-8)13-11(2,3)10(12)14/h8-9,13H,4-7H2,1-3H3,(H2,12,14). The topological polar surface area (TPSA) is 55.1 Å². The Kier molecular flexibility index (Phi) is 3.53. The smallest absolute Gasteiger partial charge is 0.237 e. The summed E-state index contributed by atoms with van der Waals surface area (Å²) in [6.07, 6.45) is 4.84. The van der Waals surface area contributed by atoms with Crippen molar-refractivity contribution in [2.75, 3.05) is 0 Å². The van der Waals surface area contributed by atoms with Crippen molar-refractivity contribution in [2.24, 2.45) is 11.7 Å². The molecule has 0 radical (unpaired) electrons. The molecule has 1 aliphatic rings. The van der Waals surface area contributed by atoms with E-state index in [1.165, 1.54) is 12.8 Å². The van der Waals surface area contributed by atoms with Crippen LogP contribution in [0.15, 0.2) is 0 Å². The first-order valence-corrected chi connectivity index (χ1v) is 5.49. The number of amides is 1. The van der Waals surface area contributed by atoms with Crippen molar-refractivity contribution in [2.45, 2.75) is 58.0 Å². The van der Waals surface area contributed by atoms with E-state index in [9.17, 15) is 4.79 Å². The third kappa shape index (κ3) is 2.98. The number of hydrogen-bond donors (Lipinski definition) is 2. The zero-order chi connectivity index (χ0) is 10.8. The number of nitrogens with one attached hydrogen (secondary N) is 1. The van der Waals surface area contributed by atoms with Gasteiger partial charge in [-0.1, -0.05) is 6.92 Å². The van der Waals surface area contributed by atoms with Gasteiger partial charge in [0.05, 0.1) is 5.54 Å². The van der Waals surface area contributed by atoms with E-state index in [-0.39, 0.29) is 5.91 Å². The predicted molar refractivity (Wildman–Crippen MR) is 57.8 cm³/mol. The monoisotopic (exact) mass is 198 g/mol. The van der Waals surface area contributed by atoms with Gasteiger partial charge in [0.1, 0.15) is 0 Å². The van der Waals surface area contributed by atoms with Gasteiger partial charge in [-0.25, -0.2) is 0 Å². The molecular weight excluding hydrogens is 176 g/mol. The third-order valence-electron chi connectivity index (χ3n) is 3.20. The normalized spacial score (nSPS) is 28.8. The second-order valence-corrected chi connectivity index (χ2v) is 5.09. The van der Waals surface area contributed by atoms with Gasteiger partial charge in [0, 0.05) is 6.04 Å². The lowest BCUT2D eigenvalue weighted by molar-refractivity contribution is -0.123. The maximum Gasteiger partial charge on any atom is 0.237 e. The Balaban J connectivity index is 2.41. The molecule has 3 nitrogen and oxygen atoms in total. The largest absolute Gasteiger partial charge is 0.368 e. The van der Waals surface area contributed by atoms with Crippen molar-refractivity contribution in [1.82, 2.24) is 5.32 Å². The summed E-state index contributed by atoms with van der Waals surface area (Å²) in [6, 6.07) is 0.466. The highest BCUT2D eigenvalue weighted by molar-refractivity contribution is 5.83. The molecule has 0 aromatic rings. The van der Waals surface area contributed by atoms with Gasteiger partial charge >= 0.3 is 0 Å². The van der Waals surface area contributed by atoms with Gasteiger partial charge in [-0.15, -0.1) is 0 Å². The summed E-state index contributed by atoms with van der Waals surface area (Å²) >= 11 is 0. The van der Waals surface area contributed by atoms with Crippen molar-refractivity contribution in [3.8, 4) is 0 Å². The fraction of sp³-hybridized carbons (Fsp3) is 0.909. The molecule has 82 valence electrons. The van der Waals surface area contributed by atoms with Gasteiger partial charge in [0.2, 0.25) is 5.91 Å². The van der Waals surface area contributed by atoms with E-state index in [0.717, 1.165) is 18.8 Å². The van der Waals surface area contributed by atoms with Crippen molar-refractivity contribution in [3.63, 3.8) is 0 Å². The van der Waals surface area contributed by atoms with Crippen LogP contribution in [0, 0.1) is 5.92 Å². The van der Waals surface area contributed by atoms with Crippen LogP contribution in [0.4, 0.5) is 0 Å². The number of hydrogen-bond acceptors (Lipinski definition) is 2.